The number of non-ortho nitro benzene ring substituents is 1. The molecule has 10 rings (SSSR count). The van der Waals surface area contributed by atoms with Crippen LogP contribution >= 0.6 is 25.2 Å². The van der Waals surface area contributed by atoms with Gasteiger partial charge in [-0.2, -0.15) is 61.4 Å². The van der Waals surface area contributed by atoms with Crippen LogP contribution in [0.3, 0.4) is 0 Å². The summed E-state index contributed by atoms with van der Waals surface area (Å²) in [4.78, 5) is 43.0. The van der Waals surface area contributed by atoms with E-state index in [1.807, 2.05) is 27.7 Å². The molecule has 0 bridgehead atoms. The Labute approximate surface area is 655 Å². The average Bonchev–Trinajstić information content (AvgIpc) is 1.61. The van der Waals surface area contributed by atoms with Gasteiger partial charge in [0.25, 0.3) is 5.69 Å². The van der Waals surface area contributed by atoms with Crippen molar-refractivity contribution < 1.29 is 108 Å². The molecule has 588 valence electrons. The van der Waals surface area contributed by atoms with Gasteiger partial charge in [0.15, 0.2) is 24.0 Å². The van der Waals surface area contributed by atoms with Crippen LogP contribution in [0.15, 0.2) is 122 Å². The third-order valence-electron chi connectivity index (χ3n) is 16.4. The zero-order chi connectivity index (χ0) is 81.7. The van der Waals surface area contributed by atoms with Gasteiger partial charge in [-0.25, -0.2) is 41.3 Å². The minimum Gasteiger partial charge on any atom is -1.00 e. The second-order valence-corrected chi connectivity index (χ2v) is 28.2. The topological polar surface area (TPSA) is 439 Å². The second-order valence-electron chi connectivity index (χ2n) is 24.8. The maximum atomic E-state index is 15.5. The van der Waals surface area contributed by atoms with Crippen LogP contribution in [0, 0.1) is 50.5 Å². The number of nitro groups is 1. The number of aliphatic hydroxyl groups is 3. The fourth-order valence-electron chi connectivity index (χ4n) is 10.2. The van der Waals surface area contributed by atoms with Gasteiger partial charge in [-0.3, -0.25) is 24.2 Å². The molecule has 39 heteroatoms. The zero-order valence-corrected chi connectivity index (χ0v) is 65.8. The van der Waals surface area contributed by atoms with E-state index in [9.17, 15) is 58.2 Å². The third-order valence-corrected chi connectivity index (χ3v) is 19.7. The largest absolute Gasteiger partial charge is 2.00 e. The van der Waals surface area contributed by atoms with Gasteiger partial charge in [0, 0.05) is 18.7 Å². The van der Waals surface area contributed by atoms with E-state index in [1.54, 1.807) is 72.8 Å². The number of hydrogen-bond acceptors (Lipinski definition) is 26. The molecule has 108 heavy (non-hydrogen) atoms. The minimum atomic E-state index is -4.45. The van der Waals surface area contributed by atoms with E-state index in [1.165, 1.54) is 90.0 Å². The fraction of sp³-hybridized carbons (Fsp3) is 0.493. The number of rotatable bonds is 28. The van der Waals surface area contributed by atoms with Crippen LogP contribution in [0.5, 0.6) is 17.2 Å². The molecule has 0 amide bonds. The number of esters is 2. The summed E-state index contributed by atoms with van der Waals surface area (Å²) in [5.41, 5.74) is 8.38. The monoisotopic (exact) mass is 1610 g/mol. The molecule has 3 fully saturated rings. The molecule has 31 nitrogen and oxygen atoms in total. The number of halogens is 4. The first-order chi connectivity index (χ1) is 52.1. The molecular formula is C69H94ClF3MgN13O18P3. The van der Waals surface area contributed by atoms with E-state index in [0.717, 1.165) is 32.1 Å². The number of para-hydroxylation sites is 2. The van der Waals surface area contributed by atoms with Gasteiger partial charge in [-0.1, -0.05) is 89.8 Å². The van der Waals surface area contributed by atoms with Crippen molar-refractivity contribution >= 4 is 88.6 Å². The number of nitrogens with two attached hydrogens (primary N) is 2. The minimum absolute atomic E-state index is 0. The molecule has 9 N–H and O–H groups in total. The number of nitrogens with one attached hydrogen (secondary N) is 2. The number of aliphatic hydroxyl groups excluding tert-OH is 3. The van der Waals surface area contributed by atoms with Gasteiger partial charge in [0.1, 0.15) is 103 Å². The molecule has 0 saturated carbocycles. The molecule has 3 aliphatic heterocycles. The smallest absolute Gasteiger partial charge is 1.00 e. The molecule has 0 aliphatic carbocycles. The van der Waals surface area contributed by atoms with Crippen molar-refractivity contribution in [3.05, 3.63) is 149 Å². The Balaban J connectivity index is 0.000000406. The summed E-state index contributed by atoms with van der Waals surface area (Å²) >= 11 is 0. The first-order valence-electron chi connectivity index (χ1n) is 35.5. The Kier molecular flexibility index (Phi) is 36.6. The van der Waals surface area contributed by atoms with Crippen molar-refractivity contribution in [1.82, 2.24) is 39.4 Å². The molecule has 3 aliphatic rings. The maximum absolute atomic E-state index is 15.5. The number of carbonyl (C=O) groups is 2. The van der Waals surface area contributed by atoms with Gasteiger partial charge < -0.3 is 82.4 Å². The molecule has 3 aromatic carbocycles. The predicted molar refractivity (Wildman–Crippen MR) is 394 cm³/mol. The van der Waals surface area contributed by atoms with E-state index in [-0.39, 0.29) is 106 Å². The van der Waals surface area contributed by atoms with E-state index in [4.69, 9.17) is 63.7 Å². The first kappa shape index (κ1) is 87.8. The Bertz CT molecular complexity index is 4200. The molecule has 7 aromatic rings. The molecule has 4 aromatic heterocycles. The van der Waals surface area contributed by atoms with Crippen LogP contribution in [-0.4, -0.2) is 182 Å². The van der Waals surface area contributed by atoms with Crippen molar-refractivity contribution in [2.24, 2.45) is 11.8 Å². The van der Waals surface area contributed by atoms with Crippen LogP contribution in [0.1, 0.15) is 126 Å². The predicted octanol–water partition coefficient (Wildman–Crippen LogP) is 7.40. The van der Waals surface area contributed by atoms with Crippen LogP contribution in [0.4, 0.5) is 30.5 Å². The van der Waals surface area contributed by atoms with Crippen molar-refractivity contribution in [2.75, 3.05) is 51.2 Å². The van der Waals surface area contributed by atoms with E-state index >= 15 is 4.39 Å². The van der Waals surface area contributed by atoms with Crippen molar-refractivity contribution in [3.63, 3.8) is 0 Å². The Morgan fingerprint density at radius 3 is 1.51 bits per heavy atom. The third kappa shape index (κ3) is 25.9. The Morgan fingerprint density at radius 1 is 0.750 bits per heavy atom. The number of nitrogens with zero attached hydrogens (tertiary/aromatic N) is 9. The average molecular weight is 1610 g/mol. The normalized spacial score (nSPS) is 22.8. The van der Waals surface area contributed by atoms with E-state index < -0.39 is 128 Å². The molecule has 0 radical (unpaired) electrons. The van der Waals surface area contributed by atoms with E-state index in [0.29, 0.717) is 24.1 Å². The van der Waals surface area contributed by atoms with Crippen LogP contribution in [0.25, 0.3) is 11.0 Å². The summed E-state index contributed by atoms with van der Waals surface area (Å²) in [5, 5.41) is 73.0. The Morgan fingerprint density at radius 2 is 1.15 bits per heavy atom. The van der Waals surface area contributed by atoms with Crippen molar-refractivity contribution in [3.8, 4) is 29.4 Å². The number of nitriles is 2. The summed E-state index contributed by atoms with van der Waals surface area (Å²) in [6, 6.07) is 28.7. The summed E-state index contributed by atoms with van der Waals surface area (Å²) < 4.78 is 145. The summed E-state index contributed by atoms with van der Waals surface area (Å²) in [6.45, 7) is 15.0. The zero-order valence-electron chi connectivity index (χ0n) is 65.0. The fourth-order valence-corrected chi connectivity index (χ4v) is 13.3. The standard InChI is InChI=1S/C27H34FN6O7P.C21H27N2O7P.C12H12FN5O3.C5H9FO.C4H9.ClH.Mg.H3P/c1-4-18(5-2)13-38-26(36)17(3)33-42(37,41-19-9-7-6-8-10-19)39-15-27(14-29)24(35)22(28)23(40-27)20-11-12-21-25(30)31-16-32-34(20)21;1-4-17(5-2)15-28-21(24)16(3)22-31(27,29-19-9-7-6-8-10-19)30-20-13-11-18(12-14-20)23(25)26;13-8-9(21-12(3-14,4-19)10(8)20)6-1-2-7-11(15)16-5-17-18(6)7;6-4-5-2-1-3-7-5;1-4(2)3;;;/h6-12,16-18,22-24,35H,4-5,13,15H2,1-3H3,(H,33,37)(H2,30,31,32);6-14,16-17H,4-5,15H2,1-3H3,(H,22,27);1-2,5,8-10,19-20H,4H2,(H2,15,16,17);5H,1-4H2;1-3H3;1H;;1H3/q;;;;-1;;+2;/p-1/t17-,22-,23-,24-,27+,42?;16-,31?;8-,9-,10-,12+;;;;;/m000...../s1/i;;;4D;;;;1D3. The molecule has 4 unspecified atom stereocenters. The summed E-state index contributed by atoms with van der Waals surface area (Å²) in [5.74, 6) is 1.37. The van der Waals surface area contributed by atoms with Crippen molar-refractivity contribution in [1.29, 1.82) is 14.4 Å². The number of ether oxygens (including phenoxy) is 5. The van der Waals surface area contributed by atoms with Gasteiger partial charge in [0.05, 0.1) is 47.4 Å². The van der Waals surface area contributed by atoms with Gasteiger partial charge in [0.2, 0.25) is 11.2 Å². The quantitative estimate of drug-likeness (QED) is 0.00627. The van der Waals surface area contributed by atoms with Gasteiger partial charge in [-0.05, 0) is 99.2 Å². The van der Waals surface area contributed by atoms with Crippen LogP contribution in [0.2, 0.25) is 0 Å². The molecule has 3 saturated heterocycles. The molecular weight excluding hydrogens is 1510 g/mol. The Hall–Kier alpha value is -7.40. The second kappa shape index (κ2) is 45.1. The number of carbonyl (C=O) groups excluding carboxylic acids is 2. The van der Waals surface area contributed by atoms with Gasteiger partial charge >= 0.3 is 50.5 Å². The number of alkyl halides is 3. The number of anilines is 2. The molecule has 0 spiro atoms. The molecule has 7 heterocycles. The number of benzene rings is 3. The number of nitro benzene ring substituents is 1. The number of nitrogen functional groups attached to an aromatic ring is 2. The maximum Gasteiger partial charge on any atom is 2.00 e. The number of aromatic nitrogens is 6. The van der Waals surface area contributed by atoms with Crippen molar-refractivity contribution in [2.45, 2.75) is 167 Å². The van der Waals surface area contributed by atoms with Crippen LogP contribution in [-0.2, 0) is 46.9 Å². The number of hydrogen-bond donors (Lipinski definition) is 7. The first-order valence-corrected chi connectivity index (χ1v) is 36.7. The summed E-state index contributed by atoms with van der Waals surface area (Å²) in [7, 11) is -10.4. The van der Waals surface area contributed by atoms with Crippen LogP contribution < -0.4 is 47.6 Å². The van der Waals surface area contributed by atoms with E-state index in [2.05, 4.69) is 51.1 Å². The SMILES string of the molecule is CCC(CC)COC(=O)[C@H](C)NP(=O)(OC[C@@]1(C#N)O[C@@H](c2ccc3c(N)ncnn23)[C@H](F)[C@@H]1O)Oc1ccccc1.CCC(CC)COC(=O)[C@H](C)NP(=O)(Oc1ccccc1)Oc1ccc([N+](=O)[O-])cc1.C[C-](C)C.N#C[C@]1(CO)O[C@@H](c2ccc3c(N)ncnn23)[C@H](F)[C@@H]1O.[2H]C(F)C1CCCO1.[2H]P([2H])[2H].[Cl-].[Mg+2]. The number of fused-ring (bicyclic) bond motifs is 2. The molecule has 14 atom stereocenters. The summed E-state index contributed by atoms with van der Waals surface area (Å²) in [6.07, 6.45) is -3.50. The van der Waals surface area contributed by atoms with Gasteiger partial charge in [-0.15, -0.1) is 0 Å².